The average Bonchev–Trinajstić information content (AvgIpc) is 2.84. The number of rotatable bonds is 2. The average molecular weight is 356 g/mol. The molecule has 0 bridgehead atoms. The molecule has 5 nitrogen and oxygen atoms in total. The van der Waals surface area contributed by atoms with Crippen molar-refractivity contribution in [1.29, 1.82) is 0 Å². The Balaban J connectivity index is 1.71. The van der Waals surface area contributed by atoms with Gasteiger partial charge in [-0.15, -0.1) is 0 Å². The summed E-state index contributed by atoms with van der Waals surface area (Å²) in [6, 6.07) is 6.57. The van der Waals surface area contributed by atoms with Crippen LogP contribution in [0.15, 0.2) is 18.2 Å². The summed E-state index contributed by atoms with van der Waals surface area (Å²) in [7, 11) is -0.422. The first-order valence-electron chi connectivity index (χ1n) is 9.53. The molecule has 1 saturated heterocycles. The molecule has 2 heterocycles. The van der Waals surface area contributed by atoms with Gasteiger partial charge in [0.05, 0.1) is 16.6 Å². The molecule has 0 atom stereocenters. The van der Waals surface area contributed by atoms with Gasteiger partial charge < -0.3 is 19.9 Å². The van der Waals surface area contributed by atoms with Gasteiger partial charge >= 0.3 is 7.12 Å². The third-order valence-electron chi connectivity index (χ3n) is 6.75. The van der Waals surface area contributed by atoms with E-state index in [0.717, 1.165) is 29.6 Å². The number of nitrogens with zero attached hydrogens (tertiary/aromatic N) is 1. The minimum absolute atomic E-state index is 0.162. The molecule has 2 fully saturated rings. The second-order valence-corrected chi connectivity index (χ2v) is 9.55. The number of amides is 1. The van der Waals surface area contributed by atoms with Crippen molar-refractivity contribution in [2.24, 2.45) is 5.73 Å². The Kier molecular flexibility index (Phi) is 3.70. The van der Waals surface area contributed by atoms with E-state index in [4.69, 9.17) is 15.0 Å². The van der Waals surface area contributed by atoms with Gasteiger partial charge in [0.2, 0.25) is 5.91 Å². The highest BCUT2D eigenvalue weighted by atomic mass is 16.7. The standard InChI is InChI=1S/C20H29BN2O3/c1-18(2)15-8-7-12(21-25-19(3,4)20(5,6)26-21)9-16(15)23(17(18)24)14-10-13(22)11-14/h7-9,13-14H,10-11,22H2,1-6H3/t13-,14+. The molecule has 140 valence electrons. The van der Waals surface area contributed by atoms with Crippen LogP contribution in [0.25, 0.3) is 0 Å². The third kappa shape index (κ3) is 2.39. The largest absolute Gasteiger partial charge is 0.494 e. The van der Waals surface area contributed by atoms with E-state index in [0.29, 0.717) is 0 Å². The highest BCUT2D eigenvalue weighted by Gasteiger charge is 2.53. The molecule has 1 aromatic rings. The SMILES string of the molecule is CC1(C)C(=O)N([C@H]2C[C@@H](N)C2)c2cc(B3OC(C)(C)C(C)(C)O3)ccc21. The zero-order valence-electron chi connectivity index (χ0n) is 16.6. The van der Waals surface area contributed by atoms with Crippen molar-refractivity contribution in [3.63, 3.8) is 0 Å². The van der Waals surface area contributed by atoms with Crippen molar-refractivity contribution in [1.82, 2.24) is 0 Å². The molecule has 2 aliphatic heterocycles. The van der Waals surface area contributed by atoms with Gasteiger partial charge in [0, 0.05) is 17.8 Å². The second kappa shape index (κ2) is 5.34. The Morgan fingerprint density at radius 2 is 1.65 bits per heavy atom. The third-order valence-corrected chi connectivity index (χ3v) is 6.75. The zero-order valence-corrected chi connectivity index (χ0v) is 16.6. The summed E-state index contributed by atoms with van der Waals surface area (Å²) in [5, 5.41) is 0. The minimum Gasteiger partial charge on any atom is -0.399 e. The molecule has 26 heavy (non-hydrogen) atoms. The molecule has 1 amide bonds. The van der Waals surface area contributed by atoms with Crippen LogP contribution in [0, 0.1) is 0 Å². The molecule has 6 heteroatoms. The maximum Gasteiger partial charge on any atom is 0.494 e. The van der Waals surface area contributed by atoms with Crippen molar-refractivity contribution in [2.45, 2.75) is 83.1 Å². The molecule has 0 aromatic heterocycles. The lowest BCUT2D eigenvalue weighted by molar-refractivity contribution is -0.122. The lowest BCUT2D eigenvalue weighted by atomic mass is 9.76. The van der Waals surface area contributed by atoms with Gasteiger partial charge in [0.1, 0.15) is 0 Å². The highest BCUT2D eigenvalue weighted by molar-refractivity contribution is 6.62. The van der Waals surface area contributed by atoms with Gasteiger partial charge in [-0.25, -0.2) is 0 Å². The lowest BCUT2D eigenvalue weighted by Gasteiger charge is -2.40. The van der Waals surface area contributed by atoms with Crippen LogP contribution in [0.3, 0.4) is 0 Å². The van der Waals surface area contributed by atoms with Gasteiger partial charge in [-0.3, -0.25) is 4.79 Å². The molecule has 4 rings (SSSR count). The normalized spacial score (nSPS) is 31.1. The Hall–Kier alpha value is -1.37. The van der Waals surface area contributed by atoms with Gasteiger partial charge in [-0.1, -0.05) is 12.1 Å². The molecule has 1 aromatic carbocycles. The number of carbonyl (C=O) groups excluding carboxylic acids is 1. The first-order valence-corrected chi connectivity index (χ1v) is 9.53. The van der Waals surface area contributed by atoms with Crippen LogP contribution in [0.1, 0.15) is 59.9 Å². The van der Waals surface area contributed by atoms with Crippen LogP contribution in [-0.4, -0.2) is 36.3 Å². The number of carbonyl (C=O) groups is 1. The number of benzene rings is 1. The summed E-state index contributed by atoms with van der Waals surface area (Å²) in [4.78, 5) is 15.1. The van der Waals surface area contributed by atoms with Crippen molar-refractivity contribution < 1.29 is 14.1 Å². The number of anilines is 1. The van der Waals surface area contributed by atoms with Crippen molar-refractivity contribution >= 4 is 24.2 Å². The maximum atomic E-state index is 13.1. The smallest absolute Gasteiger partial charge is 0.399 e. The number of fused-ring (bicyclic) bond motifs is 1. The van der Waals surface area contributed by atoms with E-state index in [9.17, 15) is 4.79 Å². The van der Waals surface area contributed by atoms with E-state index < -0.39 is 12.5 Å². The fourth-order valence-electron chi connectivity index (χ4n) is 4.13. The summed E-state index contributed by atoms with van der Waals surface area (Å²) in [6.45, 7) is 12.2. The number of hydrogen-bond donors (Lipinski definition) is 1. The Morgan fingerprint density at radius 3 is 2.19 bits per heavy atom. The fraction of sp³-hybridized carbons (Fsp3) is 0.650. The minimum atomic E-state index is -0.510. The fourth-order valence-corrected chi connectivity index (χ4v) is 4.13. The predicted octanol–water partition coefficient (Wildman–Crippen LogP) is 2.10. The Labute approximate surface area is 156 Å². The van der Waals surface area contributed by atoms with E-state index in [1.807, 2.05) is 24.8 Å². The molecular formula is C20H29BN2O3. The molecule has 0 radical (unpaired) electrons. The van der Waals surface area contributed by atoms with E-state index in [2.05, 4.69) is 39.8 Å². The van der Waals surface area contributed by atoms with Gasteiger partial charge in [-0.05, 0) is 71.5 Å². The van der Waals surface area contributed by atoms with Crippen molar-refractivity contribution in [3.8, 4) is 0 Å². The van der Waals surface area contributed by atoms with Gasteiger partial charge in [0.15, 0.2) is 0 Å². The van der Waals surface area contributed by atoms with Crippen molar-refractivity contribution in [2.75, 3.05) is 4.90 Å². The maximum absolute atomic E-state index is 13.1. The van der Waals surface area contributed by atoms with E-state index in [1.54, 1.807) is 0 Å². The number of nitrogens with two attached hydrogens (primary N) is 1. The quantitative estimate of drug-likeness (QED) is 0.825. The topological polar surface area (TPSA) is 64.8 Å². The molecule has 1 saturated carbocycles. The molecule has 0 unspecified atom stereocenters. The summed E-state index contributed by atoms with van der Waals surface area (Å²) < 4.78 is 12.4. The summed E-state index contributed by atoms with van der Waals surface area (Å²) >= 11 is 0. The van der Waals surface area contributed by atoms with Crippen LogP contribution in [0.4, 0.5) is 5.69 Å². The van der Waals surface area contributed by atoms with Crippen LogP contribution >= 0.6 is 0 Å². The first-order chi connectivity index (χ1) is 11.9. The first kappa shape index (κ1) is 18.0. The van der Waals surface area contributed by atoms with Crippen LogP contribution in [0.2, 0.25) is 0 Å². The van der Waals surface area contributed by atoms with Crippen LogP contribution in [-0.2, 0) is 19.5 Å². The molecule has 1 aliphatic carbocycles. The molecule has 3 aliphatic rings. The van der Waals surface area contributed by atoms with Crippen molar-refractivity contribution in [3.05, 3.63) is 23.8 Å². The summed E-state index contributed by atoms with van der Waals surface area (Å²) in [5.41, 5.74) is 7.73. The Bertz CT molecular complexity index is 752. The van der Waals surface area contributed by atoms with Gasteiger partial charge in [-0.2, -0.15) is 0 Å². The second-order valence-electron chi connectivity index (χ2n) is 9.55. The predicted molar refractivity (Wildman–Crippen MR) is 104 cm³/mol. The monoisotopic (exact) mass is 356 g/mol. The summed E-state index contributed by atoms with van der Waals surface area (Å²) in [5.74, 6) is 0.162. The highest BCUT2D eigenvalue weighted by Crippen LogP contribution is 2.45. The summed E-state index contributed by atoms with van der Waals surface area (Å²) in [6.07, 6.45) is 1.73. The molecule has 0 spiro atoms. The Morgan fingerprint density at radius 1 is 1.08 bits per heavy atom. The molecule has 2 N–H and O–H groups in total. The van der Waals surface area contributed by atoms with E-state index >= 15 is 0 Å². The van der Waals surface area contributed by atoms with Gasteiger partial charge in [0.25, 0.3) is 0 Å². The number of hydrogen-bond acceptors (Lipinski definition) is 4. The van der Waals surface area contributed by atoms with Crippen LogP contribution < -0.4 is 16.1 Å². The molecular weight excluding hydrogens is 327 g/mol. The zero-order chi connectivity index (χ0) is 19.1. The van der Waals surface area contributed by atoms with Crippen LogP contribution in [0.5, 0.6) is 0 Å². The lowest BCUT2D eigenvalue weighted by Crippen LogP contribution is -2.53. The van der Waals surface area contributed by atoms with E-state index in [-0.39, 0.29) is 29.2 Å². The van der Waals surface area contributed by atoms with E-state index in [1.165, 1.54) is 0 Å².